The van der Waals surface area contributed by atoms with Crippen molar-refractivity contribution in [2.75, 3.05) is 19.7 Å². The van der Waals surface area contributed by atoms with Crippen molar-refractivity contribution in [2.24, 2.45) is 17.8 Å². The van der Waals surface area contributed by atoms with Gasteiger partial charge in [-0.2, -0.15) is 0 Å². The van der Waals surface area contributed by atoms with Crippen molar-refractivity contribution < 1.29 is 5.11 Å². The number of rotatable bonds is 1. The summed E-state index contributed by atoms with van der Waals surface area (Å²) < 4.78 is 0. The van der Waals surface area contributed by atoms with Gasteiger partial charge in [-0.3, -0.25) is 0 Å². The van der Waals surface area contributed by atoms with E-state index in [1.165, 1.54) is 32.4 Å². The van der Waals surface area contributed by atoms with E-state index >= 15 is 0 Å². The first kappa shape index (κ1) is 7.56. The summed E-state index contributed by atoms with van der Waals surface area (Å²) in [5.74, 6) is 2.37. The summed E-state index contributed by atoms with van der Waals surface area (Å²) in [6, 6.07) is 0. The molecule has 2 fully saturated rings. The average molecular weight is 155 g/mol. The second-order valence-electron chi connectivity index (χ2n) is 3.95. The first-order valence-corrected chi connectivity index (χ1v) is 4.73. The fraction of sp³-hybridized carbons (Fsp3) is 1.00. The van der Waals surface area contributed by atoms with Crippen LogP contribution in [0.5, 0.6) is 0 Å². The second-order valence-corrected chi connectivity index (χ2v) is 3.95. The lowest BCUT2D eigenvalue weighted by Crippen LogP contribution is -2.41. The van der Waals surface area contributed by atoms with Crippen molar-refractivity contribution >= 4 is 0 Å². The van der Waals surface area contributed by atoms with Crippen LogP contribution in [0.15, 0.2) is 0 Å². The zero-order valence-corrected chi connectivity index (χ0v) is 6.92. The molecule has 1 saturated carbocycles. The predicted octanol–water partition coefficient (Wildman–Crippen LogP) is 0.614. The normalized spacial score (nSPS) is 43.9. The van der Waals surface area contributed by atoms with Gasteiger partial charge in [-0.25, -0.2) is 0 Å². The number of hydrogen-bond acceptors (Lipinski definition) is 2. The average Bonchev–Trinajstić information content (AvgIpc) is 2.15. The number of aliphatic hydroxyl groups is 1. The minimum atomic E-state index is 0.418. The molecule has 0 amide bonds. The molecule has 1 heterocycles. The smallest absolute Gasteiger partial charge is 0.0462 e. The number of hydrogen-bond donors (Lipinski definition) is 2. The van der Waals surface area contributed by atoms with Gasteiger partial charge in [-0.15, -0.1) is 0 Å². The van der Waals surface area contributed by atoms with Crippen LogP contribution in [0.4, 0.5) is 0 Å². The molecule has 64 valence electrons. The van der Waals surface area contributed by atoms with Gasteiger partial charge in [-0.1, -0.05) is 0 Å². The lowest BCUT2D eigenvalue weighted by molar-refractivity contribution is 0.0245. The van der Waals surface area contributed by atoms with Gasteiger partial charge in [-0.05, 0) is 50.1 Å². The highest BCUT2D eigenvalue weighted by molar-refractivity contribution is 4.91. The van der Waals surface area contributed by atoms with Crippen LogP contribution in [0.2, 0.25) is 0 Å². The third kappa shape index (κ3) is 1.30. The molecule has 0 aromatic heterocycles. The first-order valence-electron chi connectivity index (χ1n) is 4.73. The first-order chi connectivity index (χ1) is 5.42. The molecule has 0 spiro atoms. The van der Waals surface area contributed by atoms with E-state index in [0.717, 1.165) is 11.8 Å². The van der Waals surface area contributed by atoms with Crippen molar-refractivity contribution in [1.82, 2.24) is 5.32 Å². The van der Waals surface area contributed by atoms with Gasteiger partial charge in [0.15, 0.2) is 0 Å². The van der Waals surface area contributed by atoms with E-state index in [1.54, 1.807) is 0 Å². The number of aliphatic hydroxyl groups excluding tert-OH is 1. The molecule has 0 radical (unpaired) electrons. The zero-order chi connectivity index (χ0) is 7.68. The monoisotopic (exact) mass is 155 g/mol. The Labute approximate surface area is 68.0 Å². The molecule has 1 aliphatic heterocycles. The van der Waals surface area contributed by atoms with Gasteiger partial charge < -0.3 is 10.4 Å². The van der Waals surface area contributed by atoms with Crippen LogP contribution in [-0.4, -0.2) is 24.8 Å². The third-order valence-electron chi connectivity index (χ3n) is 3.35. The van der Waals surface area contributed by atoms with Gasteiger partial charge in [0.25, 0.3) is 0 Å². The highest BCUT2D eigenvalue weighted by Crippen LogP contribution is 2.43. The Balaban J connectivity index is 1.90. The van der Waals surface area contributed by atoms with Crippen LogP contribution in [0, 0.1) is 17.8 Å². The molecule has 2 N–H and O–H groups in total. The van der Waals surface area contributed by atoms with Crippen molar-refractivity contribution in [3.63, 3.8) is 0 Å². The Kier molecular flexibility index (Phi) is 2.14. The molecule has 0 aromatic rings. The van der Waals surface area contributed by atoms with Crippen LogP contribution < -0.4 is 5.32 Å². The van der Waals surface area contributed by atoms with Crippen molar-refractivity contribution in [1.29, 1.82) is 0 Å². The van der Waals surface area contributed by atoms with E-state index in [1.807, 2.05) is 0 Å². The van der Waals surface area contributed by atoms with Gasteiger partial charge in [0.05, 0.1) is 0 Å². The highest BCUT2D eigenvalue weighted by Gasteiger charge is 2.40. The molecule has 1 saturated heterocycles. The van der Waals surface area contributed by atoms with Crippen LogP contribution in [0.25, 0.3) is 0 Å². The molecule has 0 bridgehead atoms. The fourth-order valence-electron chi connectivity index (χ4n) is 2.59. The predicted molar refractivity (Wildman–Crippen MR) is 44.3 cm³/mol. The number of nitrogens with one attached hydrogen (secondary N) is 1. The maximum absolute atomic E-state index is 9.00. The van der Waals surface area contributed by atoms with Crippen LogP contribution in [-0.2, 0) is 0 Å². The summed E-state index contributed by atoms with van der Waals surface area (Å²) >= 11 is 0. The largest absolute Gasteiger partial charge is 0.396 e. The highest BCUT2D eigenvalue weighted by atomic mass is 16.3. The number of fused-ring (bicyclic) bond motifs is 1. The SMILES string of the molecule is OCC1CC2CNCCCC12. The molecule has 2 aliphatic rings. The van der Waals surface area contributed by atoms with E-state index in [4.69, 9.17) is 5.11 Å². The molecule has 2 nitrogen and oxygen atoms in total. The molecule has 3 atom stereocenters. The zero-order valence-electron chi connectivity index (χ0n) is 6.92. The van der Waals surface area contributed by atoms with Gasteiger partial charge >= 0.3 is 0 Å². The van der Waals surface area contributed by atoms with Crippen LogP contribution >= 0.6 is 0 Å². The molecule has 3 unspecified atom stereocenters. The van der Waals surface area contributed by atoms with Gasteiger partial charge in [0.2, 0.25) is 0 Å². The maximum atomic E-state index is 9.00. The Morgan fingerprint density at radius 2 is 2.36 bits per heavy atom. The summed E-state index contributed by atoms with van der Waals surface area (Å²) in [5, 5.41) is 12.4. The summed E-state index contributed by atoms with van der Waals surface area (Å²) in [5.41, 5.74) is 0. The Bertz CT molecular complexity index is 138. The molecule has 2 heteroatoms. The third-order valence-corrected chi connectivity index (χ3v) is 3.35. The summed E-state index contributed by atoms with van der Waals surface area (Å²) in [6.45, 7) is 2.80. The molecular formula is C9H17NO. The fourth-order valence-corrected chi connectivity index (χ4v) is 2.59. The molecular weight excluding hydrogens is 138 g/mol. The summed E-state index contributed by atoms with van der Waals surface area (Å²) in [6.07, 6.45) is 3.90. The topological polar surface area (TPSA) is 32.3 Å². The maximum Gasteiger partial charge on any atom is 0.0462 e. The Morgan fingerprint density at radius 3 is 3.18 bits per heavy atom. The molecule has 11 heavy (non-hydrogen) atoms. The lowest BCUT2D eigenvalue weighted by Gasteiger charge is -2.43. The van der Waals surface area contributed by atoms with E-state index in [9.17, 15) is 0 Å². The van der Waals surface area contributed by atoms with Gasteiger partial charge in [0.1, 0.15) is 0 Å². The Hall–Kier alpha value is -0.0800. The standard InChI is InChI=1S/C9H17NO/c11-6-8-4-7-5-10-3-1-2-9(7)8/h7-11H,1-6H2. The summed E-state index contributed by atoms with van der Waals surface area (Å²) in [4.78, 5) is 0. The van der Waals surface area contributed by atoms with E-state index < -0.39 is 0 Å². The molecule has 0 aromatic carbocycles. The van der Waals surface area contributed by atoms with E-state index in [-0.39, 0.29) is 0 Å². The minimum Gasteiger partial charge on any atom is -0.396 e. The van der Waals surface area contributed by atoms with Gasteiger partial charge in [0, 0.05) is 6.61 Å². The lowest BCUT2D eigenvalue weighted by atomic mass is 9.64. The minimum absolute atomic E-state index is 0.418. The van der Waals surface area contributed by atoms with Crippen molar-refractivity contribution in [3.8, 4) is 0 Å². The second kappa shape index (κ2) is 3.11. The van der Waals surface area contributed by atoms with E-state index in [2.05, 4.69) is 5.32 Å². The van der Waals surface area contributed by atoms with Crippen LogP contribution in [0.3, 0.4) is 0 Å². The van der Waals surface area contributed by atoms with Crippen LogP contribution in [0.1, 0.15) is 19.3 Å². The van der Waals surface area contributed by atoms with Crippen molar-refractivity contribution in [3.05, 3.63) is 0 Å². The van der Waals surface area contributed by atoms with E-state index in [0.29, 0.717) is 12.5 Å². The Morgan fingerprint density at radius 1 is 1.45 bits per heavy atom. The van der Waals surface area contributed by atoms with Crippen molar-refractivity contribution in [2.45, 2.75) is 19.3 Å². The molecule has 2 rings (SSSR count). The summed E-state index contributed by atoms with van der Waals surface area (Å²) in [7, 11) is 0. The quantitative estimate of drug-likeness (QED) is 0.581. The molecule has 1 aliphatic carbocycles.